The molecule has 0 amide bonds. The number of halogens is 6. The Morgan fingerprint density at radius 3 is 2.37 bits per heavy atom. The second-order valence-corrected chi connectivity index (χ2v) is 11.2. The highest BCUT2D eigenvalue weighted by molar-refractivity contribution is 7.80. The van der Waals surface area contributed by atoms with Crippen LogP contribution in [0.5, 0.6) is 0 Å². The molecule has 0 aliphatic carbocycles. The zero-order chi connectivity index (χ0) is 29.5. The summed E-state index contributed by atoms with van der Waals surface area (Å²) in [4.78, 5) is 6.84. The van der Waals surface area contributed by atoms with Gasteiger partial charge in [0.05, 0.1) is 29.3 Å². The fourth-order valence-corrected chi connectivity index (χ4v) is 6.53. The number of thiocarbonyl (C=S) groups is 1. The van der Waals surface area contributed by atoms with Gasteiger partial charge in [-0.3, -0.25) is 9.88 Å². The minimum atomic E-state index is -4.97. The number of nitrogens with zero attached hydrogens (tertiary/aromatic N) is 2. The second-order valence-electron chi connectivity index (χ2n) is 10.8. The molecule has 3 fully saturated rings. The molecule has 5 nitrogen and oxygen atoms in total. The molecule has 4 unspecified atom stereocenters. The molecule has 41 heavy (non-hydrogen) atoms. The van der Waals surface area contributed by atoms with Crippen LogP contribution in [-0.2, 0) is 19.0 Å². The lowest BCUT2D eigenvalue weighted by atomic mass is 9.72. The van der Waals surface area contributed by atoms with E-state index in [2.05, 4.69) is 27.4 Å². The van der Waals surface area contributed by atoms with E-state index in [0.717, 1.165) is 43.3 Å². The fourth-order valence-electron chi connectivity index (χ4n) is 6.29. The molecule has 12 heteroatoms. The summed E-state index contributed by atoms with van der Waals surface area (Å²) < 4.78 is 80.6. The molecule has 3 saturated heterocycles. The fraction of sp³-hybridized carbons (Fsp3) is 0.448. The Kier molecular flexibility index (Phi) is 8.19. The van der Waals surface area contributed by atoms with Crippen LogP contribution in [0.1, 0.15) is 54.5 Å². The van der Waals surface area contributed by atoms with Crippen LogP contribution in [0.2, 0.25) is 0 Å². The molecular formula is C29H30F6N4OS. The number of hydrogen-bond donors (Lipinski definition) is 3. The van der Waals surface area contributed by atoms with E-state index in [1.54, 1.807) is 18.3 Å². The molecule has 6 rings (SSSR count). The number of piperidine rings is 3. The van der Waals surface area contributed by atoms with Gasteiger partial charge in [-0.05, 0) is 91.0 Å². The largest absolute Gasteiger partial charge is 0.416 e. The van der Waals surface area contributed by atoms with Crippen molar-refractivity contribution in [2.45, 2.75) is 57.2 Å². The first kappa shape index (κ1) is 29.5. The summed E-state index contributed by atoms with van der Waals surface area (Å²) in [5.74, 6) is 1.06. The number of alkyl halides is 6. The van der Waals surface area contributed by atoms with E-state index >= 15 is 0 Å². The van der Waals surface area contributed by atoms with Crippen LogP contribution in [-0.4, -0.2) is 39.2 Å². The van der Waals surface area contributed by atoms with Crippen molar-refractivity contribution in [1.29, 1.82) is 0 Å². The molecule has 0 saturated carbocycles. The van der Waals surface area contributed by atoms with Crippen LogP contribution in [0.15, 0.2) is 48.7 Å². The van der Waals surface area contributed by atoms with E-state index in [1.807, 2.05) is 12.1 Å². The minimum absolute atomic E-state index is 0.0214. The highest BCUT2D eigenvalue weighted by Gasteiger charge is 2.43. The van der Waals surface area contributed by atoms with Crippen molar-refractivity contribution < 1.29 is 31.4 Å². The first-order chi connectivity index (χ1) is 19.4. The Hall–Kier alpha value is -2.96. The van der Waals surface area contributed by atoms with Crippen molar-refractivity contribution in [3.8, 4) is 0 Å². The molecule has 3 N–H and O–H groups in total. The van der Waals surface area contributed by atoms with Crippen LogP contribution < -0.4 is 10.6 Å². The minimum Gasteiger partial charge on any atom is -0.392 e. The average Bonchev–Trinajstić information content (AvgIpc) is 2.94. The van der Waals surface area contributed by atoms with Crippen molar-refractivity contribution in [3.63, 3.8) is 0 Å². The molecule has 5 atom stereocenters. The van der Waals surface area contributed by atoms with Gasteiger partial charge >= 0.3 is 12.4 Å². The lowest BCUT2D eigenvalue weighted by molar-refractivity contribution is -0.143. The predicted octanol–water partition coefficient (Wildman–Crippen LogP) is 6.91. The van der Waals surface area contributed by atoms with Gasteiger partial charge in [0.15, 0.2) is 5.11 Å². The zero-order valence-corrected chi connectivity index (χ0v) is 23.0. The molecule has 3 aromatic rings. The van der Waals surface area contributed by atoms with Gasteiger partial charge in [-0.25, -0.2) is 0 Å². The van der Waals surface area contributed by atoms with E-state index < -0.39 is 35.2 Å². The highest BCUT2D eigenvalue weighted by atomic mass is 32.1. The molecule has 2 bridgehead atoms. The molecule has 0 spiro atoms. The first-order valence-corrected chi connectivity index (χ1v) is 13.9. The van der Waals surface area contributed by atoms with Gasteiger partial charge in [-0.1, -0.05) is 19.4 Å². The lowest BCUT2D eigenvalue weighted by Gasteiger charge is -2.52. The number of benzene rings is 2. The van der Waals surface area contributed by atoms with Crippen molar-refractivity contribution in [3.05, 3.63) is 70.9 Å². The maximum absolute atomic E-state index is 13.4. The molecular weight excluding hydrogens is 566 g/mol. The van der Waals surface area contributed by atoms with Gasteiger partial charge in [-0.2, -0.15) is 26.3 Å². The van der Waals surface area contributed by atoms with Crippen LogP contribution in [0, 0.1) is 11.8 Å². The number of fused-ring (bicyclic) bond motifs is 4. The predicted molar refractivity (Wildman–Crippen MR) is 148 cm³/mol. The molecule has 0 radical (unpaired) electrons. The normalized spacial score (nSPS) is 23.4. The second kappa shape index (κ2) is 11.4. The van der Waals surface area contributed by atoms with Gasteiger partial charge < -0.3 is 15.7 Å². The number of hydrogen-bond acceptors (Lipinski definition) is 4. The summed E-state index contributed by atoms with van der Waals surface area (Å²) in [5.41, 5.74) is -1.05. The van der Waals surface area contributed by atoms with Crippen LogP contribution in [0.3, 0.4) is 0 Å². The van der Waals surface area contributed by atoms with E-state index in [9.17, 15) is 31.4 Å². The Balaban J connectivity index is 1.51. The smallest absolute Gasteiger partial charge is 0.392 e. The number of aromatic nitrogens is 1. The third-order valence-corrected chi connectivity index (χ3v) is 8.55. The molecule has 4 heterocycles. The van der Waals surface area contributed by atoms with Crippen molar-refractivity contribution in [2.75, 3.05) is 18.4 Å². The first-order valence-electron chi connectivity index (χ1n) is 13.5. The van der Waals surface area contributed by atoms with Crippen LogP contribution in [0.25, 0.3) is 10.9 Å². The topological polar surface area (TPSA) is 60.4 Å². The van der Waals surface area contributed by atoms with Gasteiger partial charge in [0.2, 0.25) is 0 Å². The standard InChI is InChI=1S/C29H30F6N4OS/c1-2-17-14-39-8-6-18(17)10-25(39)26(22-5-7-36-24-4-3-16(15-40)9-23(22)24)38-27(41)37-21-12-19(28(30,31)32)11-20(13-21)29(33,34)35/h3-5,7,9,11-13,17-18,25-26,40H,2,6,8,10,14-15H2,1H3,(H2,37,38,41)/t17?,18?,25?,26-/m1/s1. The van der Waals surface area contributed by atoms with Crippen molar-refractivity contribution in [2.24, 2.45) is 11.8 Å². The van der Waals surface area contributed by atoms with Gasteiger partial charge in [-0.15, -0.1) is 0 Å². The van der Waals surface area contributed by atoms with E-state index in [0.29, 0.717) is 35.0 Å². The number of aliphatic hydroxyl groups excluding tert-OH is 1. The number of aliphatic hydroxyl groups is 1. The van der Waals surface area contributed by atoms with E-state index in [-0.39, 0.29) is 23.8 Å². The maximum Gasteiger partial charge on any atom is 0.416 e. The molecule has 220 valence electrons. The number of nitrogens with one attached hydrogen (secondary N) is 2. The Morgan fingerprint density at radius 1 is 1.07 bits per heavy atom. The molecule has 3 aliphatic heterocycles. The summed E-state index contributed by atoms with van der Waals surface area (Å²) in [6.07, 6.45) is -5.29. The monoisotopic (exact) mass is 596 g/mol. The maximum atomic E-state index is 13.4. The van der Waals surface area contributed by atoms with Gasteiger partial charge in [0.1, 0.15) is 0 Å². The van der Waals surface area contributed by atoms with Gasteiger partial charge in [0, 0.05) is 29.9 Å². The van der Waals surface area contributed by atoms with E-state index in [4.69, 9.17) is 12.2 Å². The summed E-state index contributed by atoms with van der Waals surface area (Å²) >= 11 is 5.50. The summed E-state index contributed by atoms with van der Waals surface area (Å²) in [5, 5.41) is 16.3. The molecule has 1 aromatic heterocycles. The Morgan fingerprint density at radius 2 is 1.78 bits per heavy atom. The number of rotatable bonds is 6. The quantitative estimate of drug-likeness (QED) is 0.212. The molecule has 3 aliphatic rings. The number of anilines is 1. The lowest BCUT2D eigenvalue weighted by Crippen LogP contribution is -2.58. The SMILES string of the molecule is CCC1CN2CCC1CC2[C@H](NC(=S)Nc1cc(C(F)(F)F)cc(C(F)(F)F)c1)c1ccnc2ccc(CO)cc12. The van der Waals surface area contributed by atoms with E-state index in [1.165, 1.54) is 0 Å². The van der Waals surface area contributed by atoms with Crippen LogP contribution in [0.4, 0.5) is 32.0 Å². The number of pyridine rings is 1. The summed E-state index contributed by atoms with van der Waals surface area (Å²) in [6.45, 7) is 3.79. The Bertz CT molecular complexity index is 1400. The zero-order valence-electron chi connectivity index (χ0n) is 22.2. The van der Waals surface area contributed by atoms with Crippen LogP contribution >= 0.6 is 12.2 Å². The van der Waals surface area contributed by atoms with Crippen molar-refractivity contribution in [1.82, 2.24) is 15.2 Å². The summed E-state index contributed by atoms with van der Waals surface area (Å²) in [7, 11) is 0. The Labute approximate surface area is 238 Å². The molecule has 2 aromatic carbocycles. The van der Waals surface area contributed by atoms with Gasteiger partial charge in [0.25, 0.3) is 0 Å². The van der Waals surface area contributed by atoms with Crippen molar-refractivity contribution >= 4 is 33.9 Å². The highest BCUT2D eigenvalue weighted by Crippen LogP contribution is 2.43. The summed E-state index contributed by atoms with van der Waals surface area (Å²) in [6, 6.07) is 8.12. The average molecular weight is 597 g/mol. The third kappa shape index (κ3) is 6.29. The third-order valence-electron chi connectivity index (χ3n) is 8.33.